The van der Waals surface area contributed by atoms with Gasteiger partial charge in [0.15, 0.2) is 5.76 Å². The molecule has 5 nitrogen and oxygen atoms in total. The highest BCUT2D eigenvalue weighted by Crippen LogP contribution is 2.31. The summed E-state index contributed by atoms with van der Waals surface area (Å²) in [7, 11) is 0. The smallest absolute Gasteiger partial charge is 0.416 e. The normalized spacial score (nSPS) is 12.3. The second-order valence-corrected chi connectivity index (χ2v) is 7.70. The molecule has 156 valence electrons. The lowest BCUT2D eigenvalue weighted by Crippen LogP contribution is -2.22. The molecule has 0 fully saturated rings. The lowest BCUT2D eigenvalue weighted by atomic mass is 10.2. The second-order valence-electron chi connectivity index (χ2n) is 6.28. The third kappa shape index (κ3) is 5.66. The van der Waals surface area contributed by atoms with E-state index in [1.165, 1.54) is 30.2 Å². The molecule has 2 amide bonds. The summed E-state index contributed by atoms with van der Waals surface area (Å²) in [6, 6.07) is 14.5. The van der Waals surface area contributed by atoms with Crippen molar-refractivity contribution in [1.29, 1.82) is 0 Å². The Balaban J connectivity index is 1.57. The first kappa shape index (κ1) is 21.5. The van der Waals surface area contributed by atoms with Gasteiger partial charge in [-0.05, 0) is 61.5 Å². The molecular formula is C21H17F3N2O3S. The molecule has 0 radical (unpaired) electrons. The molecule has 9 heteroatoms. The van der Waals surface area contributed by atoms with Crippen LogP contribution in [0, 0.1) is 0 Å². The van der Waals surface area contributed by atoms with Gasteiger partial charge in [-0.15, -0.1) is 11.8 Å². The number of benzene rings is 2. The maximum atomic E-state index is 12.8. The number of carbonyl (C=O) groups excluding carboxylic acids is 2. The predicted molar refractivity (Wildman–Crippen MR) is 108 cm³/mol. The zero-order valence-electron chi connectivity index (χ0n) is 15.7. The molecule has 1 aromatic heterocycles. The highest BCUT2D eigenvalue weighted by Gasteiger charge is 2.30. The number of thioether (sulfide) groups is 1. The number of anilines is 2. The second kappa shape index (κ2) is 9.08. The van der Waals surface area contributed by atoms with Crippen LogP contribution >= 0.6 is 11.8 Å². The van der Waals surface area contributed by atoms with Gasteiger partial charge in [0.2, 0.25) is 5.91 Å². The van der Waals surface area contributed by atoms with E-state index < -0.39 is 22.9 Å². The molecule has 3 aromatic rings. The fourth-order valence-corrected chi connectivity index (χ4v) is 3.36. The number of rotatable bonds is 6. The van der Waals surface area contributed by atoms with Crippen LogP contribution in [0.1, 0.15) is 23.0 Å². The fourth-order valence-electron chi connectivity index (χ4n) is 2.49. The number of carbonyl (C=O) groups is 2. The molecule has 0 spiro atoms. The van der Waals surface area contributed by atoms with Crippen molar-refractivity contribution in [2.24, 2.45) is 0 Å². The SMILES string of the molecule is CC(Sc1ccc(NC(=O)c2ccco2)cc1)C(=O)Nc1cccc(C(F)(F)F)c1. The molecule has 0 bridgehead atoms. The van der Waals surface area contributed by atoms with E-state index in [2.05, 4.69) is 10.6 Å². The summed E-state index contributed by atoms with van der Waals surface area (Å²) in [6.07, 6.45) is -3.07. The van der Waals surface area contributed by atoms with Crippen molar-refractivity contribution in [1.82, 2.24) is 0 Å². The number of furan rings is 1. The van der Waals surface area contributed by atoms with E-state index in [1.54, 1.807) is 43.3 Å². The summed E-state index contributed by atoms with van der Waals surface area (Å²) in [6.45, 7) is 1.65. The van der Waals surface area contributed by atoms with E-state index in [1.807, 2.05) is 0 Å². The Morgan fingerprint density at radius 3 is 2.33 bits per heavy atom. The number of hydrogen-bond donors (Lipinski definition) is 2. The standard InChI is InChI=1S/C21H17F3N2O3S/c1-13(19(27)26-16-5-2-4-14(12-16)21(22,23)24)30-17-9-7-15(8-10-17)25-20(28)18-6-3-11-29-18/h2-13H,1H3,(H,25,28)(H,26,27). The zero-order chi connectivity index (χ0) is 21.7. The fraction of sp³-hybridized carbons (Fsp3) is 0.143. The summed E-state index contributed by atoms with van der Waals surface area (Å²) in [5.74, 6) is -0.614. The highest BCUT2D eigenvalue weighted by molar-refractivity contribution is 8.00. The van der Waals surface area contributed by atoms with E-state index in [0.29, 0.717) is 5.69 Å². The molecule has 0 aliphatic carbocycles. The van der Waals surface area contributed by atoms with E-state index in [0.717, 1.165) is 17.0 Å². The molecule has 3 rings (SSSR count). The van der Waals surface area contributed by atoms with Crippen molar-refractivity contribution in [2.45, 2.75) is 23.2 Å². The number of nitrogens with one attached hydrogen (secondary N) is 2. The third-order valence-electron chi connectivity index (χ3n) is 4.00. The Bertz CT molecular complexity index is 1020. The van der Waals surface area contributed by atoms with Crippen LogP contribution in [0.2, 0.25) is 0 Å². The van der Waals surface area contributed by atoms with Crippen LogP contribution in [0.5, 0.6) is 0 Å². The lowest BCUT2D eigenvalue weighted by Gasteiger charge is -2.14. The van der Waals surface area contributed by atoms with Crippen LogP contribution in [0.4, 0.5) is 24.5 Å². The maximum Gasteiger partial charge on any atom is 0.416 e. The number of hydrogen-bond acceptors (Lipinski definition) is 4. The van der Waals surface area contributed by atoms with Crippen molar-refractivity contribution >= 4 is 35.0 Å². The van der Waals surface area contributed by atoms with Crippen molar-refractivity contribution in [2.75, 3.05) is 10.6 Å². The third-order valence-corrected chi connectivity index (χ3v) is 5.11. The molecule has 0 aliphatic rings. The maximum absolute atomic E-state index is 12.8. The minimum Gasteiger partial charge on any atom is -0.459 e. The average Bonchev–Trinajstić information content (AvgIpc) is 3.24. The van der Waals surface area contributed by atoms with Gasteiger partial charge in [0.1, 0.15) is 0 Å². The predicted octanol–water partition coefficient (Wildman–Crippen LogP) is 5.67. The summed E-state index contributed by atoms with van der Waals surface area (Å²) < 4.78 is 43.4. The van der Waals surface area contributed by atoms with Gasteiger partial charge >= 0.3 is 6.18 Å². The highest BCUT2D eigenvalue weighted by atomic mass is 32.2. The molecule has 1 heterocycles. The molecule has 1 atom stereocenters. The van der Waals surface area contributed by atoms with Gasteiger partial charge < -0.3 is 15.1 Å². The summed E-state index contributed by atoms with van der Waals surface area (Å²) in [5.41, 5.74) is -0.187. The van der Waals surface area contributed by atoms with E-state index >= 15 is 0 Å². The van der Waals surface area contributed by atoms with Crippen LogP contribution in [-0.2, 0) is 11.0 Å². The molecule has 0 aliphatic heterocycles. The van der Waals surface area contributed by atoms with Gasteiger partial charge in [0, 0.05) is 16.3 Å². The Hall–Kier alpha value is -3.20. The Kier molecular flexibility index (Phi) is 6.51. The summed E-state index contributed by atoms with van der Waals surface area (Å²) in [5, 5.41) is 4.63. The first-order valence-corrected chi connectivity index (χ1v) is 9.70. The van der Waals surface area contributed by atoms with Crippen molar-refractivity contribution in [3.05, 3.63) is 78.3 Å². The topological polar surface area (TPSA) is 71.3 Å². The molecule has 2 N–H and O–H groups in total. The van der Waals surface area contributed by atoms with Crippen molar-refractivity contribution < 1.29 is 27.2 Å². The Morgan fingerprint density at radius 1 is 0.967 bits per heavy atom. The quantitative estimate of drug-likeness (QED) is 0.491. The lowest BCUT2D eigenvalue weighted by molar-refractivity contribution is -0.137. The van der Waals surface area contributed by atoms with E-state index in [-0.39, 0.29) is 17.4 Å². The first-order chi connectivity index (χ1) is 14.2. The van der Waals surface area contributed by atoms with Crippen LogP contribution in [-0.4, -0.2) is 17.1 Å². The van der Waals surface area contributed by atoms with Crippen LogP contribution < -0.4 is 10.6 Å². The van der Waals surface area contributed by atoms with Crippen molar-refractivity contribution in [3.8, 4) is 0 Å². The minimum atomic E-state index is -4.48. The summed E-state index contributed by atoms with van der Waals surface area (Å²) >= 11 is 1.24. The minimum absolute atomic E-state index is 0.0817. The molecule has 2 aromatic carbocycles. The largest absolute Gasteiger partial charge is 0.459 e. The van der Waals surface area contributed by atoms with E-state index in [4.69, 9.17) is 4.42 Å². The Labute approximate surface area is 174 Å². The van der Waals surface area contributed by atoms with Gasteiger partial charge in [0.05, 0.1) is 17.1 Å². The molecule has 0 saturated heterocycles. The van der Waals surface area contributed by atoms with Gasteiger partial charge in [-0.1, -0.05) is 6.07 Å². The van der Waals surface area contributed by atoms with Gasteiger partial charge in [-0.25, -0.2) is 0 Å². The zero-order valence-corrected chi connectivity index (χ0v) is 16.5. The molecule has 1 unspecified atom stereocenters. The summed E-state index contributed by atoms with van der Waals surface area (Å²) in [4.78, 5) is 25.1. The Morgan fingerprint density at radius 2 is 1.70 bits per heavy atom. The van der Waals surface area contributed by atoms with Crippen LogP contribution in [0.3, 0.4) is 0 Å². The van der Waals surface area contributed by atoms with E-state index in [9.17, 15) is 22.8 Å². The molecule has 30 heavy (non-hydrogen) atoms. The first-order valence-electron chi connectivity index (χ1n) is 8.82. The van der Waals surface area contributed by atoms with Crippen LogP contribution in [0.25, 0.3) is 0 Å². The average molecular weight is 434 g/mol. The monoisotopic (exact) mass is 434 g/mol. The van der Waals surface area contributed by atoms with Crippen molar-refractivity contribution in [3.63, 3.8) is 0 Å². The van der Waals surface area contributed by atoms with Gasteiger partial charge in [0.25, 0.3) is 5.91 Å². The molecular weight excluding hydrogens is 417 g/mol. The molecule has 0 saturated carbocycles. The number of halogens is 3. The van der Waals surface area contributed by atoms with Gasteiger partial charge in [-0.3, -0.25) is 9.59 Å². The van der Waals surface area contributed by atoms with Crippen LogP contribution in [0.15, 0.2) is 76.2 Å². The van der Waals surface area contributed by atoms with Gasteiger partial charge in [-0.2, -0.15) is 13.2 Å². The number of amides is 2. The number of alkyl halides is 3.